The van der Waals surface area contributed by atoms with E-state index in [9.17, 15) is 0 Å². The van der Waals surface area contributed by atoms with E-state index < -0.39 is 0 Å². The van der Waals surface area contributed by atoms with Crippen LogP contribution in [-0.2, 0) is 0 Å². The lowest BCUT2D eigenvalue weighted by Crippen LogP contribution is -2.11. The largest absolute Gasteiger partial charge is 0.288 e. The molecule has 0 fully saturated rings. The second-order valence-electron chi connectivity index (χ2n) is 9.53. The highest BCUT2D eigenvalue weighted by molar-refractivity contribution is 6.22. The summed E-state index contributed by atoms with van der Waals surface area (Å²) in [6, 6.07) is 29.6. The van der Waals surface area contributed by atoms with Gasteiger partial charge in [-0.3, -0.25) is 29.9 Å². The molecule has 0 unspecified atom stereocenters. The van der Waals surface area contributed by atoms with Crippen molar-refractivity contribution >= 4 is 5.71 Å². The first-order valence-corrected chi connectivity index (χ1v) is 13.9. The predicted octanol–water partition coefficient (Wildman–Crippen LogP) is 8.16. The van der Waals surface area contributed by atoms with E-state index in [-0.39, 0.29) is 0 Å². The van der Waals surface area contributed by atoms with Crippen molar-refractivity contribution in [1.29, 1.82) is 0 Å². The minimum Gasteiger partial charge on any atom is -0.288 e. The number of aromatic nitrogens is 5. The summed E-state index contributed by atoms with van der Waals surface area (Å²) in [7, 11) is 1.79. The normalized spacial score (nSPS) is 11.5. The highest BCUT2D eigenvalue weighted by atomic mass is 14.8. The van der Waals surface area contributed by atoms with E-state index in [1.807, 2.05) is 103 Å². The van der Waals surface area contributed by atoms with Crippen LogP contribution >= 0.6 is 0 Å². The van der Waals surface area contributed by atoms with Gasteiger partial charge in [0.25, 0.3) is 0 Å². The number of pyridine rings is 5. The van der Waals surface area contributed by atoms with E-state index in [4.69, 9.17) is 29.9 Å². The fourth-order valence-electron chi connectivity index (χ4n) is 5.27. The van der Waals surface area contributed by atoms with Gasteiger partial charge in [0, 0.05) is 71.4 Å². The van der Waals surface area contributed by atoms with Gasteiger partial charge >= 0.3 is 0 Å². The molecule has 6 aromatic rings. The summed E-state index contributed by atoms with van der Waals surface area (Å²) in [6.07, 6.45) is 14.6. The minimum atomic E-state index is 0.739. The average Bonchev–Trinajstić information content (AvgIpc) is 3.09. The minimum absolute atomic E-state index is 0.739. The zero-order valence-electron chi connectivity index (χ0n) is 23.7. The standard InChI is InChI=1S/C37H28N6/c1-3-4-15-26(38-2)32-33(27-16-5-10-21-39-27)35(29-18-7-12-23-41-29)37(31-20-9-14-25-43-31)36(30-19-8-13-24-42-30)34(32)28-17-6-11-22-40-28/h3-25H,1H2,2H3/b15-4-,38-26+. The van der Waals surface area contributed by atoms with Crippen molar-refractivity contribution < 1.29 is 0 Å². The molecule has 43 heavy (non-hydrogen) atoms. The van der Waals surface area contributed by atoms with Gasteiger partial charge in [-0.25, -0.2) is 0 Å². The Morgan fingerprint density at radius 1 is 0.512 bits per heavy atom. The highest BCUT2D eigenvalue weighted by Crippen LogP contribution is 2.51. The summed E-state index contributed by atoms with van der Waals surface area (Å²) in [5, 5.41) is 0. The van der Waals surface area contributed by atoms with Crippen molar-refractivity contribution in [2.75, 3.05) is 7.05 Å². The summed E-state index contributed by atoms with van der Waals surface area (Å²) in [5.74, 6) is 0. The topological polar surface area (TPSA) is 76.8 Å². The third-order valence-corrected chi connectivity index (χ3v) is 6.99. The molecule has 0 N–H and O–H groups in total. The number of rotatable bonds is 8. The molecule has 0 atom stereocenters. The van der Waals surface area contributed by atoms with Gasteiger partial charge in [-0.2, -0.15) is 0 Å². The van der Waals surface area contributed by atoms with Gasteiger partial charge in [0.2, 0.25) is 0 Å². The molecule has 0 aliphatic carbocycles. The number of aliphatic imine (C=N–C) groups is 1. The predicted molar refractivity (Wildman–Crippen MR) is 174 cm³/mol. The second kappa shape index (κ2) is 12.7. The van der Waals surface area contributed by atoms with Crippen LogP contribution in [0.1, 0.15) is 5.56 Å². The van der Waals surface area contributed by atoms with E-state index in [0.717, 1.165) is 67.6 Å². The molecule has 5 heterocycles. The molecule has 0 spiro atoms. The van der Waals surface area contributed by atoms with Crippen LogP contribution in [0.3, 0.4) is 0 Å². The zero-order valence-corrected chi connectivity index (χ0v) is 23.7. The maximum Gasteiger partial charge on any atom is 0.0716 e. The molecule has 0 saturated carbocycles. The average molecular weight is 557 g/mol. The number of hydrogen-bond acceptors (Lipinski definition) is 6. The van der Waals surface area contributed by atoms with Gasteiger partial charge in [-0.15, -0.1) is 0 Å². The fraction of sp³-hybridized carbons (Fsp3) is 0.0270. The van der Waals surface area contributed by atoms with Crippen molar-refractivity contribution in [1.82, 2.24) is 24.9 Å². The first-order valence-electron chi connectivity index (χ1n) is 13.9. The Bertz CT molecular complexity index is 1800. The van der Waals surface area contributed by atoms with Crippen LogP contribution in [0.15, 0.2) is 152 Å². The van der Waals surface area contributed by atoms with Crippen LogP contribution in [0.25, 0.3) is 56.3 Å². The Balaban J connectivity index is 1.97. The zero-order chi connectivity index (χ0) is 29.4. The van der Waals surface area contributed by atoms with Crippen LogP contribution in [0.4, 0.5) is 0 Å². The number of hydrogen-bond donors (Lipinski definition) is 0. The molecule has 206 valence electrons. The third kappa shape index (κ3) is 5.42. The molecular formula is C37H28N6. The SMILES string of the molecule is C=C/C=C\C(=N/C)c1c(-c2ccccn2)c(-c2ccccn2)c(-c2ccccn2)c(-c2ccccn2)c1-c1ccccn1. The van der Waals surface area contributed by atoms with E-state index >= 15 is 0 Å². The molecule has 0 saturated heterocycles. The molecule has 0 amide bonds. The maximum absolute atomic E-state index is 4.88. The van der Waals surface area contributed by atoms with Crippen molar-refractivity contribution in [3.63, 3.8) is 0 Å². The Kier molecular flexibility index (Phi) is 8.09. The Hall–Kier alpha value is -5.88. The first-order chi connectivity index (χ1) is 21.3. The molecule has 0 bridgehead atoms. The lowest BCUT2D eigenvalue weighted by molar-refractivity contribution is 1.26. The Labute approximate surface area is 251 Å². The number of benzene rings is 1. The lowest BCUT2D eigenvalue weighted by atomic mass is 9.78. The van der Waals surface area contributed by atoms with E-state index in [1.165, 1.54) is 0 Å². The molecule has 0 radical (unpaired) electrons. The Morgan fingerprint density at radius 2 is 0.837 bits per heavy atom. The van der Waals surface area contributed by atoms with Gasteiger partial charge in [0.15, 0.2) is 0 Å². The van der Waals surface area contributed by atoms with E-state index in [2.05, 4.69) is 6.58 Å². The molecular weight excluding hydrogens is 528 g/mol. The van der Waals surface area contributed by atoms with Crippen molar-refractivity contribution in [3.8, 4) is 56.3 Å². The molecule has 6 heteroatoms. The van der Waals surface area contributed by atoms with Crippen LogP contribution in [0.5, 0.6) is 0 Å². The molecule has 6 rings (SSSR count). The third-order valence-electron chi connectivity index (χ3n) is 6.99. The van der Waals surface area contributed by atoms with Gasteiger partial charge in [0.05, 0.1) is 34.2 Å². The van der Waals surface area contributed by atoms with Crippen LogP contribution < -0.4 is 0 Å². The van der Waals surface area contributed by atoms with Gasteiger partial charge < -0.3 is 0 Å². The number of nitrogens with zero attached hydrogens (tertiary/aromatic N) is 6. The molecule has 0 aliphatic rings. The fourth-order valence-corrected chi connectivity index (χ4v) is 5.27. The summed E-state index contributed by atoms with van der Waals surface area (Å²) in [5.41, 5.74) is 9.85. The quantitative estimate of drug-likeness (QED) is 0.140. The lowest BCUT2D eigenvalue weighted by Gasteiger charge is -2.26. The summed E-state index contributed by atoms with van der Waals surface area (Å²) >= 11 is 0. The number of allylic oxidation sites excluding steroid dienone is 3. The van der Waals surface area contributed by atoms with Crippen LogP contribution in [-0.4, -0.2) is 37.7 Å². The molecule has 1 aromatic carbocycles. The molecule has 5 aromatic heterocycles. The van der Waals surface area contributed by atoms with Crippen molar-refractivity contribution in [2.24, 2.45) is 4.99 Å². The monoisotopic (exact) mass is 556 g/mol. The van der Waals surface area contributed by atoms with Crippen LogP contribution in [0, 0.1) is 0 Å². The van der Waals surface area contributed by atoms with Crippen molar-refractivity contribution in [2.45, 2.75) is 0 Å². The first kappa shape index (κ1) is 27.3. The van der Waals surface area contributed by atoms with Crippen molar-refractivity contribution in [3.05, 3.63) is 152 Å². The molecule has 6 nitrogen and oxygen atoms in total. The second-order valence-corrected chi connectivity index (χ2v) is 9.53. The Morgan fingerprint density at radius 3 is 1.12 bits per heavy atom. The van der Waals surface area contributed by atoms with Gasteiger partial charge in [-0.1, -0.05) is 49.1 Å². The maximum atomic E-state index is 4.88. The van der Waals surface area contributed by atoms with Crippen LogP contribution in [0.2, 0.25) is 0 Å². The van der Waals surface area contributed by atoms with Gasteiger partial charge in [-0.05, 0) is 66.7 Å². The summed E-state index contributed by atoms with van der Waals surface area (Å²) in [4.78, 5) is 29.2. The summed E-state index contributed by atoms with van der Waals surface area (Å²) in [6.45, 7) is 3.91. The van der Waals surface area contributed by atoms with Gasteiger partial charge in [0.1, 0.15) is 0 Å². The van der Waals surface area contributed by atoms with E-state index in [0.29, 0.717) is 0 Å². The summed E-state index contributed by atoms with van der Waals surface area (Å²) < 4.78 is 0. The smallest absolute Gasteiger partial charge is 0.0716 e. The molecule has 0 aliphatic heterocycles. The van der Waals surface area contributed by atoms with E-state index in [1.54, 1.807) is 44.1 Å². The highest BCUT2D eigenvalue weighted by Gasteiger charge is 2.31.